The van der Waals surface area contributed by atoms with Crippen LogP contribution in [-0.4, -0.2) is 56.4 Å². The first kappa shape index (κ1) is 18.5. The van der Waals surface area contributed by atoms with Gasteiger partial charge in [-0.1, -0.05) is 0 Å². The van der Waals surface area contributed by atoms with Crippen molar-refractivity contribution in [1.29, 1.82) is 0 Å². The fourth-order valence-corrected chi connectivity index (χ4v) is 2.55. The van der Waals surface area contributed by atoms with E-state index in [4.69, 9.17) is 4.74 Å². The van der Waals surface area contributed by atoms with Gasteiger partial charge in [-0.15, -0.1) is 0 Å². The van der Waals surface area contributed by atoms with Crippen molar-refractivity contribution >= 4 is 11.6 Å². The van der Waals surface area contributed by atoms with Crippen LogP contribution in [0.2, 0.25) is 0 Å². The van der Waals surface area contributed by atoms with Gasteiger partial charge in [-0.05, 0) is 25.1 Å². The molecular weight excluding hydrogens is 328 g/mol. The Morgan fingerprint density at radius 3 is 2.50 bits per heavy atom. The quantitative estimate of drug-likeness (QED) is 0.767. The molecule has 0 radical (unpaired) electrons. The number of nitrogens with zero attached hydrogens (tertiary/aromatic N) is 2. The summed E-state index contributed by atoms with van der Waals surface area (Å²) in [7, 11) is 0. The number of morpholine rings is 1. The molecule has 2 rings (SSSR count). The van der Waals surface area contributed by atoms with Gasteiger partial charge in [0.1, 0.15) is 5.82 Å². The van der Waals surface area contributed by atoms with E-state index in [1.165, 1.54) is 12.1 Å². The van der Waals surface area contributed by atoms with E-state index in [2.05, 4.69) is 0 Å². The lowest BCUT2D eigenvalue weighted by Gasteiger charge is -2.29. The maximum Gasteiger partial charge on any atom is 0.390 e. The summed E-state index contributed by atoms with van der Waals surface area (Å²) in [6.45, 7) is 3.39. The highest BCUT2D eigenvalue weighted by molar-refractivity contribution is 5.94. The van der Waals surface area contributed by atoms with Crippen molar-refractivity contribution < 1.29 is 27.1 Å². The zero-order valence-corrected chi connectivity index (χ0v) is 13.4. The predicted molar refractivity (Wildman–Crippen MR) is 81.7 cm³/mol. The van der Waals surface area contributed by atoms with Crippen LogP contribution in [0.4, 0.5) is 23.2 Å². The number of rotatable bonds is 5. The van der Waals surface area contributed by atoms with Crippen LogP contribution in [0.3, 0.4) is 0 Å². The molecule has 1 aromatic rings. The van der Waals surface area contributed by atoms with E-state index in [0.717, 1.165) is 11.0 Å². The molecule has 24 heavy (non-hydrogen) atoms. The van der Waals surface area contributed by atoms with Gasteiger partial charge >= 0.3 is 6.18 Å². The molecule has 1 aliphatic rings. The lowest BCUT2D eigenvalue weighted by Crippen LogP contribution is -2.37. The molecule has 8 heteroatoms. The summed E-state index contributed by atoms with van der Waals surface area (Å²) in [5.74, 6) is -1.16. The van der Waals surface area contributed by atoms with Crippen molar-refractivity contribution in [2.75, 3.05) is 44.3 Å². The maximum atomic E-state index is 14.3. The van der Waals surface area contributed by atoms with Crippen LogP contribution in [0.5, 0.6) is 0 Å². The Morgan fingerprint density at radius 1 is 1.29 bits per heavy atom. The number of hydrogen-bond acceptors (Lipinski definition) is 3. The fraction of sp³-hybridized carbons (Fsp3) is 0.562. The summed E-state index contributed by atoms with van der Waals surface area (Å²) in [6, 6.07) is 4.03. The van der Waals surface area contributed by atoms with Crippen molar-refractivity contribution in [2.45, 2.75) is 19.5 Å². The molecule has 0 atom stereocenters. The molecule has 134 valence electrons. The summed E-state index contributed by atoms with van der Waals surface area (Å²) >= 11 is 0. The summed E-state index contributed by atoms with van der Waals surface area (Å²) in [5.41, 5.74) is 0.418. The molecule has 4 nitrogen and oxygen atoms in total. The average Bonchev–Trinajstić information content (AvgIpc) is 2.55. The van der Waals surface area contributed by atoms with Crippen LogP contribution >= 0.6 is 0 Å². The zero-order chi connectivity index (χ0) is 17.7. The zero-order valence-electron chi connectivity index (χ0n) is 13.4. The number of alkyl halides is 3. The predicted octanol–water partition coefficient (Wildman–Crippen LogP) is 3.08. The van der Waals surface area contributed by atoms with Crippen molar-refractivity contribution in [2.24, 2.45) is 0 Å². The van der Waals surface area contributed by atoms with Crippen LogP contribution in [0.1, 0.15) is 23.7 Å². The summed E-state index contributed by atoms with van der Waals surface area (Å²) in [4.78, 5) is 15.2. The number of anilines is 1. The van der Waals surface area contributed by atoms with Crippen LogP contribution in [0.25, 0.3) is 0 Å². The second-order valence-corrected chi connectivity index (χ2v) is 5.52. The molecule has 1 saturated heterocycles. The second-order valence-electron chi connectivity index (χ2n) is 5.52. The second kappa shape index (κ2) is 7.83. The van der Waals surface area contributed by atoms with Gasteiger partial charge in [0.2, 0.25) is 0 Å². The number of amides is 1. The first-order valence-electron chi connectivity index (χ1n) is 7.80. The largest absolute Gasteiger partial charge is 0.390 e. The van der Waals surface area contributed by atoms with E-state index in [9.17, 15) is 22.4 Å². The Morgan fingerprint density at radius 2 is 1.96 bits per heavy atom. The monoisotopic (exact) mass is 348 g/mol. The number of ether oxygens (including phenoxy) is 1. The molecule has 1 fully saturated rings. The molecule has 1 heterocycles. The number of halogens is 4. The number of carbonyl (C=O) groups is 1. The third-order valence-corrected chi connectivity index (χ3v) is 3.88. The van der Waals surface area contributed by atoms with E-state index in [1.807, 2.05) is 4.90 Å². The lowest BCUT2D eigenvalue weighted by atomic mass is 10.1. The van der Waals surface area contributed by atoms with E-state index >= 15 is 0 Å². The Kier molecular flexibility index (Phi) is 6.04. The smallest absolute Gasteiger partial charge is 0.378 e. The molecule has 0 spiro atoms. The highest BCUT2D eigenvalue weighted by Gasteiger charge is 2.29. The van der Waals surface area contributed by atoms with Gasteiger partial charge in [-0.25, -0.2) is 4.39 Å². The summed E-state index contributed by atoms with van der Waals surface area (Å²) in [5, 5.41) is 0. The van der Waals surface area contributed by atoms with E-state index in [1.54, 1.807) is 6.92 Å². The Bertz CT molecular complexity index is 572. The molecule has 0 N–H and O–H groups in total. The fourth-order valence-electron chi connectivity index (χ4n) is 2.55. The van der Waals surface area contributed by atoms with Gasteiger partial charge in [0.05, 0.1) is 25.3 Å². The highest BCUT2D eigenvalue weighted by Crippen LogP contribution is 2.23. The topological polar surface area (TPSA) is 32.8 Å². The van der Waals surface area contributed by atoms with Gasteiger partial charge in [-0.2, -0.15) is 13.2 Å². The summed E-state index contributed by atoms with van der Waals surface area (Å²) < 4.78 is 56.5. The van der Waals surface area contributed by atoms with Crippen molar-refractivity contribution in [3.8, 4) is 0 Å². The molecule has 0 unspecified atom stereocenters. The third kappa shape index (κ3) is 4.83. The van der Waals surface area contributed by atoms with Crippen LogP contribution in [-0.2, 0) is 4.74 Å². The Hall–Kier alpha value is -1.83. The third-order valence-electron chi connectivity index (χ3n) is 3.88. The molecule has 0 bridgehead atoms. The first-order valence-corrected chi connectivity index (χ1v) is 7.80. The molecule has 1 aliphatic heterocycles. The van der Waals surface area contributed by atoms with Gasteiger partial charge in [0, 0.05) is 31.7 Å². The standard InChI is InChI=1S/C16H20F4N2O2/c1-2-21(6-5-16(18,19)20)15(23)12-3-4-14(13(17)11-12)22-7-9-24-10-8-22/h3-4,11H,2,5-10H2,1H3. The average molecular weight is 348 g/mol. The minimum atomic E-state index is -4.33. The van der Waals surface area contributed by atoms with E-state index in [-0.39, 0.29) is 12.1 Å². The number of benzene rings is 1. The van der Waals surface area contributed by atoms with Crippen molar-refractivity contribution in [1.82, 2.24) is 4.90 Å². The van der Waals surface area contributed by atoms with Gasteiger partial charge in [0.25, 0.3) is 5.91 Å². The Labute approximate surface area is 138 Å². The van der Waals surface area contributed by atoms with Crippen LogP contribution in [0, 0.1) is 5.82 Å². The summed E-state index contributed by atoms with van der Waals surface area (Å²) in [6.07, 6.45) is -5.42. The van der Waals surface area contributed by atoms with Crippen molar-refractivity contribution in [3.05, 3.63) is 29.6 Å². The van der Waals surface area contributed by atoms with Gasteiger partial charge < -0.3 is 14.5 Å². The van der Waals surface area contributed by atoms with E-state index in [0.29, 0.717) is 32.0 Å². The Balaban J connectivity index is 2.09. The van der Waals surface area contributed by atoms with Gasteiger partial charge in [0.15, 0.2) is 0 Å². The van der Waals surface area contributed by atoms with Gasteiger partial charge in [-0.3, -0.25) is 4.79 Å². The minimum Gasteiger partial charge on any atom is -0.378 e. The molecule has 1 aromatic carbocycles. The molecule has 0 saturated carbocycles. The first-order chi connectivity index (χ1) is 11.3. The van der Waals surface area contributed by atoms with Crippen molar-refractivity contribution in [3.63, 3.8) is 0 Å². The van der Waals surface area contributed by atoms with Crippen LogP contribution < -0.4 is 4.90 Å². The SMILES string of the molecule is CCN(CCC(F)(F)F)C(=O)c1ccc(N2CCOCC2)c(F)c1. The lowest BCUT2D eigenvalue weighted by molar-refractivity contribution is -0.136. The number of carbonyl (C=O) groups excluding carboxylic acids is 1. The maximum absolute atomic E-state index is 14.3. The molecular formula is C16H20F4N2O2. The molecule has 0 aliphatic carbocycles. The highest BCUT2D eigenvalue weighted by atomic mass is 19.4. The molecule has 0 aromatic heterocycles. The van der Waals surface area contributed by atoms with Crippen LogP contribution in [0.15, 0.2) is 18.2 Å². The molecule has 1 amide bonds. The minimum absolute atomic E-state index is 0.0496. The van der Waals surface area contributed by atoms with E-state index < -0.39 is 30.9 Å². The number of hydrogen-bond donors (Lipinski definition) is 0. The normalized spacial score (nSPS) is 15.5.